The lowest BCUT2D eigenvalue weighted by Crippen LogP contribution is -2.36. The molecule has 134 valence electrons. The van der Waals surface area contributed by atoms with E-state index in [-0.39, 0.29) is 16.8 Å². The Hall–Kier alpha value is -1.44. The Kier molecular flexibility index (Phi) is 6.37. The van der Waals surface area contributed by atoms with Gasteiger partial charge in [-0.3, -0.25) is 4.79 Å². The van der Waals surface area contributed by atoms with Gasteiger partial charge in [0.25, 0.3) is 0 Å². The molecule has 0 bridgehead atoms. The first-order valence-electron chi connectivity index (χ1n) is 8.40. The third-order valence-corrected chi connectivity index (χ3v) is 5.66. The SMILES string of the molecule is CC(NC(=O)CC(C)C1CCCNC1)c1ccc(S(N)(=O)=O)cc1. The first-order valence-corrected chi connectivity index (χ1v) is 9.95. The summed E-state index contributed by atoms with van der Waals surface area (Å²) < 4.78 is 22.5. The van der Waals surface area contributed by atoms with Crippen molar-refractivity contribution in [2.75, 3.05) is 13.1 Å². The highest BCUT2D eigenvalue weighted by molar-refractivity contribution is 7.89. The number of rotatable bonds is 6. The minimum atomic E-state index is -3.69. The second-order valence-electron chi connectivity index (χ2n) is 6.69. The Labute approximate surface area is 144 Å². The van der Waals surface area contributed by atoms with Gasteiger partial charge in [-0.25, -0.2) is 13.6 Å². The highest BCUT2D eigenvalue weighted by Gasteiger charge is 2.22. The quantitative estimate of drug-likeness (QED) is 0.722. The fraction of sp³-hybridized carbons (Fsp3) is 0.588. The summed E-state index contributed by atoms with van der Waals surface area (Å²) in [4.78, 5) is 12.3. The summed E-state index contributed by atoms with van der Waals surface area (Å²) >= 11 is 0. The van der Waals surface area contributed by atoms with Crippen molar-refractivity contribution in [1.29, 1.82) is 0 Å². The van der Waals surface area contributed by atoms with Crippen molar-refractivity contribution in [3.8, 4) is 0 Å². The van der Waals surface area contributed by atoms with Gasteiger partial charge in [-0.2, -0.15) is 0 Å². The molecule has 6 nitrogen and oxygen atoms in total. The molecular formula is C17H27N3O3S. The predicted octanol–water partition coefficient (Wildman–Crippen LogP) is 1.54. The van der Waals surface area contributed by atoms with Gasteiger partial charge in [-0.05, 0) is 62.4 Å². The van der Waals surface area contributed by atoms with E-state index < -0.39 is 10.0 Å². The molecule has 1 saturated heterocycles. The Morgan fingerprint density at radius 3 is 2.54 bits per heavy atom. The van der Waals surface area contributed by atoms with Crippen molar-refractivity contribution >= 4 is 15.9 Å². The zero-order valence-electron chi connectivity index (χ0n) is 14.3. The maximum absolute atomic E-state index is 12.3. The molecule has 1 fully saturated rings. The van der Waals surface area contributed by atoms with Gasteiger partial charge < -0.3 is 10.6 Å². The zero-order valence-corrected chi connectivity index (χ0v) is 15.1. The molecule has 4 N–H and O–H groups in total. The smallest absolute Gasteiger partial charge is 0.238 e. The molecule has 0 aliphatic carbocycles. The van der Waals surface area contributed by atoms with E-state index in [2.05, 4.69) is 17.6 Å². The molecule has 1 heterocycles. The minimum Gasteiger partial charge on any atom is -0.350 e. The van der Waals surface area contributed by atoms with E-state index in [1.54, 1.807) is 12.1 Å². The van der Waals surface area contributed by atoms with Crippen LogP contribution in [0, 0.1) is 11.8 Å². The molecule has 1 aromatic carbocycles. The fourth-order valence-corrected chi connectivity index (χ4v) is 3.67. The van der Waals surface area contributed by atoms with Crippen molar-refractivity contribution in [2.24, 2.45) is 17.0 Å². The number of nitrogens with two attached hydrogens (primary N) is 1. The summed E-state index contributed by atoms with van der Waals surface area (Å²) in [6, 6.07) is 6.11. The van der Waals surface area contributed by atoms with Crippen LogP contribution in [0.5, 0.6) is 0 Å². The first-order chi connectivity index (χ1) is 11.3. The number of nitrogens with one attached hydrogen (secondary N) is 2. The lowest BCUT2D eigenvalue weighted by molar-refractivity contribution is -0.123. The molecular weight excluding hydrogens is 326 g/mol. The molecule has 1 aromatic rings. The van der Waals surface area contributed by atoms with E-state index in [1.165, 1.54) is 25.0 Å². The van der Waals surface area contributed by atoms with Gasteiger partial charge in [-0.15, -0.1) is 0 Å². The van der Waals surface area contributed by atoms with Gasteiger partial charge >= 0.3 is 0 Å². The minimum absolute atomic E-state index is 0.0242. The number of primary sulfonamides is 1. The van der Waals surface area contributed by atoms with Crippen molar-refractivity contribution in [1.82, 2.24) is 10.6 Å². The van der Waals surface area contributed by atoms with Gasteiger partial charge in [0.1, 0.15) is 0 Å². The standard InChI is InChI=1S/C17H27N3O3S/c1-12(15-4-3-9-19-11-15)10-17(21)20-13(2)14-5-7-16(8-6-14)24(18,22)23/h5-8,12-13,15,19H,3-4,9-11H2,1-2H3,(H,20,21)(H2,18,22,23). The average Bonchev–Trinajstić information content (AvgIpc) is 2.54. The lowest BCUT2D eigenvalue weighted by Gasteiger charge is -2.28. The molecule has 2 rings (SSSR count). The van der Waals surface area contributed by atoms with Crippen LogP contribution in [0.15, 0.2) is 29.2 Å². The Balaban J connectivity index is 1.88. The van der Waals surface area contributed by atoms with Crippen LogP contribution < -0.4 is 15.8 Å². The Morgan fingerprint density at radius 1 is 1.33 bits per heavy atom. The van der Waals surface area contributed by atoms with Crippen LogP contribution in [0.2, 0.25) is 0 Å². The van der Waals surface area contributed by atoms with E-state index in [4.69, 9.17) is 5.14 Å². The maximum Gasteiger partial charge on any atom is 0.238 e. The van der Waals surface area contributed by atoms with Gasteiger partial charge in [-0.1, -0.05) is 19.1 Å². The number of hydrogen-bond donors (Lipinski definition) is 3. The van der Waals surface area contributed by atoms with Crippen molar-refractivity contribution < 1.29 is 13.2 Å². The maximum atomic E-state index is 12.3. The van der Waals surface area contributed by atoms with Gasteiger partial charge in [0.2, 0.25) is 15.9 Å². The molecule has 0 aromatic heterocycles. The van der Waals surface area contributed by atoms with E-state index in [0.29, 0.717) is 18.3 Å². The third kappa shape index (κ3) is 5.29. The molecule has 0 spiro atoms. The molecule has 1 aliphatic rings. The topological polar surface area (TPSA) is 101 Å². The number of benzene rings is 1. The van der Waals surface area contributed by atoms with E-state index in [0.717, 1.165) is 18.7 Å². The molecule has 1 amide bonds. The second kappa shape index (κ2) is 8.09. The Bertz CT molecular complexity index is 652. The van der Waals surface area contributed by atoms with Gasteiger partial charge in [0.05, 0.1) is 10.9 Å². The number of sulfonamides is 1. The van der Waals surface area contributed by atoms with Gasteiger partial charge in [0, 0.05) is 6.42 Å². The molecule has 0 radical (unpaired) electrons. The molecule has 24 heavy (non-hydrogen) atoms. The van der Waals surface area contributed by atoms with Crippen LogP contribution in [0.1, 0.15) is 44.7 Å². The molecule has 0 saturated carbocycles. The van der Waals surface area contributed by atoms with Crippen LogP contribution >= 0.6 is 0 Å². The van der Waals surface area contributed by atoms with Crippen molar-refractivity contribution in [3.05, 3.63) is 29.8 Å². The fourth-order valence-electron chi connectivity index (χ4n) is 3.15. The summed E-state index contributed by atoms with van der Waals surface area (Å²) in [5, 5.41) is 11.5. The Morgan fingerprint density at radius 2 is 2.00 bits per heavy atom. The molecule has 3 atom stereocenters. The number of hydrogen-bond acceptors (Lipinski definition) is 4. The number of piperidine rings is 1. The van der Waals surface area contributed by atoms with Crippen LogP contribution in [-0.4, -0.2) is 27.4 Å². The average molecular weight is 353 g/mol. The van der Waals surface area contributed by atoms with Crippen LogP contribution in [-0.2, 0) is 14.8 Å². The first kappa shape index (κ1) is 18.9. The van der Waals surface area contributed by atoms with Crippen molar-refractivity contribution in [2.45, 2.75) is 44.0 Å². The molecule has 3 unspecified atom stereocenters. The van der Waals surface area contributed by atoms with Crippen LogP contribution in [0.4, 0.5) is 0 Å². The molecule has 7 heteroatoms. The summed E-state index contributed by atoms with van der Waals surface area (Å²) in [7, 11) is -3.69. The van der Waals surface area contributed by atoms with E-state index >= 15 is 0 Å². The monoisotopic (exact) mass is 353 g/mol. The van der Waals surface area contributed by atoms with Crippen LogP contribution in [0.25, 0.3) is 0 Å². The number of amides is 1. The lowest BCUT2D eigenvalue weighted by atomic mass is 9.85. The van der Waals surface area contributed by atoms with Gasteiger partial charge in [0.15, 0.2) is 0 Å². The number of carbonyl (C=O) groups excluding carboxylic acids is 1. The number of carbonyl (C=O) groups is 1. The zero-order chi connectivity index (χ0) is 17.7. The van der Waals surface area contributed by atoms with Crippen molar-refractivity contribution in [3.63, 3.8) is 0 Å². The normalized spacial score (nSPS) is 21.0. The second-order valence-corrected chi connectivity index (χ2v) is 8.25. The summed E-state index contributed by atoms with van der Waals surface area (Å²) in [6.07, 6.45) is 2.85. The third-order valence-electron chi connectivity index (χ3n) is 4.73. The summed E-state index contributed by atoms with van der Waals surface area (Å²) in [5.74, 6) is 0.916. The van der Waals surface area contributed by atoms with E-state index in [9.17, 15) is 13.2 Å². The highest BCUT2D eigenvalue weighted by atomic mass is 32.2. The predicted molar refractivity (Wildman–Crippen MR) is 93.7 cm³/mol. The summed E-state index contributed by atoms with van der Waals surface area (Å²) in [6.45, 7) is 6.07. The summed E-state index contributed by atoms with van der Waals surface area (Å²) in [5.41, 5.74) is 0.850. The van der Waals surface area contributed by atoms with E-state index in [1.807, 2.05) is 6.92 Å². The van der Waals surface area contributed by atoms with Crippen LogP contribution in [0.3, 0.4) is 0 Å². The highest BCUT2D eigenvalue weighted by Crippen LogP contribution is 2.23. The molecule has 1 aliphatic heterocycles. The largest absolute Gasteiger partial charge is 0.350 e.